The molecular weight excluding hydrogens is 410 g/mol. The van der Waals surface area contributed by atoms with Crippen molar-refractivity contribution in [1.82, 2.24) is 19.7 Å². The molecule has 29 heavy (non-hydrogen) atoms. The van der Waals surface area contributed by atoms with Gasteiger partial charge in [0.25, 0.3) is 0 Å². The fourth-order valence-corrected chi connectivity index (χ4v) is 4.92. The van der Waals surface area contributed by atoms with Gasteiger partial charge in [0.05, 0.1) is 5.25 Å². The fraction of sp³-hybridized carbons (Fsp3) is 0.400. The molecule has 3 heterocycles. The molecule has 0 atom stereocenters. The topological polar surface area (TPSA) is 99.8 Å². The lowest BCUT2D eigenvalue weighted by molar-refractivity contribution is 0.387. The number of nitrogens with one attached hydrogen (secondary N) is 3. The zero-order valence-electron chi connectivity index (χ0n) is 16.4. The Morgan fingerprint density at radius 3 is 2.83 bits per heavy atom. The number of aromatic amines is 1. The number of pyridine rings is 2. The van der Waals surface area contributed by atoms with E-state index < -0.39 is 10.0 Å². The van der Waals surface area contributed by atoms with E-state index in [1.807, 2.05) is 44.3 Å². The Labute approximate surface area is 175 Å². The van der Waals surface area contributed by atoms with E-state index in [9.17, 15) is 8.42 Å². The SMILES string of the molecule is CC(C)(CNc1cc(-c2c[nH]c3ncccc23)cc(Cl)n1)CNS(=O)(=O)C1CC1. The van der Waals surface area contributed by atoms with Crippen LogP contribution in [0.4, 0.5) is 5.82 Å². The largest absolute Gasteiger partial charge is 0.369 e. The average molecular weight is 434 g/mol. The second-order valence-corrected chi connectivity index (χ2v) is 10.7. The smallest absolute Gasteiger partial charge is 0.214 e. The van der Waals surface area contributed by atoms with E-state index >= 15 is 0 Å². The molecule has 3 N–H and O–H groups in total. The number of sulfonamides is 1. The van der Waals surface area contributed by atoms with Crippen molar-refractivity contribution in [3.63, 3.8) is 0 Å². The highest BCUT2D eigenvalue weighted by Crippen LogP contribution is 2.31. The molecule has 1 saturated carbocycles. The Balaban J connectivity index is 1.48. The molecule has 154 valence electrons. The molecule has 4 rings (SSSR count). The van der Waals surface area contributed by atoms with Crippen LogP contribution in [0.2, 0.25) is 5.15 Å². The van der Waals surface area contributed by atoms with Crippen molar-refractivity contribution < 1.29 is 8.42 Å². The molecule has 0 saturated heterocycles. The second kappa shape index (κ2) is 7.59. The van der Waals surface area contributed by atoms with Gasteiger partial charge in [-0.3, -0.25) is 0 Å². The van der Waals surface area contributed by atoms with E-state index in [0.717, 1.165) is 35.0 Å². The van der Waals surface area contributed by atoms with Gasteiger partial charge in [-0.15, -0.1) is 0 Å². The highest BCUT2D eigenvalue weighted by molar-refractivity contribution is 7.90. The quantitative estimate of drug-likeness (QED) is 0.469. The predicted molar refractivity (Wildman–Crippen MR) is 117 cm³/mol. The lowest BCUT2D eigenvalue weighted by Gasteiger charge is -2.25. The first-order valence-corrected chi connectivity index (χ1v) is 11.5. The van der Waals surface area contributed by atoms with Crippen molar-refractivity contribution in [1.29, 1.82) is 0 Å². The molecule has 3 aromatic rings. The van der Waals surface area contributed by atoms with E-state index in [1.54, 1.807) is 6.20 Å². The summed E-state index contributed by atoms with van der Waals surface area (Å²) >= 11 is 6.26. The van der Waals surface area contributed by atoms with Crippen molar-refractivity contribution in [2.24, 2.45) is 5.41 Å². The zero-order valence-corrected chi connectivity index (χ0v) is 17.9. The highest BCUT2D eigenvalue weighted by atomic mass is 35.5. The summed E-state index contributed by atoms with van der Waals surface area (Å²) in [5, 5.41) is 4.48. The van der Waals surface area contributed by atoms with E-state index in [2.05, 4.69) is 25.0 Å². The maximum absolute atomic E-state index is 12.1. The summed E-state index contributed by atoms with van der Waals surface area (Å²) in [4.78, 5) is 11.9. The van der Waals surface area contributed by atoms with Gasteiger partial charge in [-0.1, -0.05) is 25.4 Å². The molecular formula is C20H24ClN5O2S. The van der Waals surface area contributed by atoms with Crippen molar-refractivity contribution in [2.45, 2.75) is 31.9 Å². The number of nitrogens with zero attached hydrogens (tertiary/aromatic N) is 2. The van der Waals surface area contributed by atoms with Gasteiger partial charge in [0.1, 0.15) is 16.6 Å². The zero-order chi connectivity index (χ0) is 20.6. The normalized spacial score (nSPS) is 15.0. The first-order valence-electron chi connectivity index (χ1n) is 9.56. The molecule has 0 aliphatic heterocycles. The van der Waals surface area contributed by atoms with Crippen LogP contribution in [0, 0.1) is 5.41 Å². The van der Waals surface area contributed by atoms with Crippen LogP contribution in [0.15, 0.2) is 36.7 Å². The molecule has 7 nitrogen and oxygen atoms in total. The number of rotatable bonds is 8. The molecule has 3 aromatic heterocycles. The summed E-state index contributed by atoms with van der Waals surface area (Å²) in [6.45, 7) is 4.92. The molecule has 0 aromatic carbocycles. The minimum atomic E-state index is -3.19. The number of halogens is 1. The van der Waals surface area contributed by atoms with Crippen LogP contribution < -0.4 is 10.0 Å². The summed E-state index contributed by atoms with van der Waals surface area (Å²) in [5.74, 6) is 0.642. The minimum absolute atomic E-state index is 0.214. The number of fused-ring (bicyclic) bond motifs is 1. The van der Waals surface area contributed by atoms with Crippen molar-refractivity contribution >= 4 is 38.5 Å². The lowest BCUT2D eigenvalue weighted by Crippen LogP contribution is -2.39. The molecule has 0 amide bonds. The maximum atomic E-state index is 12.1. The van der Waals surface area contributed by atoms with Crippen LogP contribution >= 0.6 is 11.6 Å². The standard InChI is InChI=1S/C20H24ClN5O2S/c1-20(2,12-25-29(27,28)14-5-6-14)11-24-18-9-13(8-17(21)26-18)16-10-23-19-15(16)4-3-7-22-19/h3-4,7-10,14,25H,5-6,11-12H2,1-2H3,(H,22,23)(H,24,26). The molecule has 0 spiro atoms. The molecule has 0 unspecified atom stereocenters. The summed E-state index contributed by atoms with van der Waals surface area (Å²) in [6.07, 6.45) is 5.16. The van der Waals surface area contributed by atoms with Gasteiger partial charge in [0.2, 0.25) is 10.0 Å². The highest BCUT2D eigenvalue weighted by Gasteiger charge is 2.36. The number of hydrogen-bond donors (Lipinski definition) is 3. The third-order valence-corrected chi connectivity index (χ3v) is 7.11. The Bertz CT molecular complexity index is 1140. The number of anilines is 1. The number of hydrogen-bond acceptors (Lipinski definition) is 5. The Morgan fingerprint density at radius 1 is 1.28 bits per heavy atom. The Hall–Kier alpha value is -2.16. The molecule has 1 fully saturated rings. The van der Waals surface area contributed by atoms with Crippen molar-refractivity contribution in [2.75, 3.05) is 18.4 Å². The van der Waals surface area contributed by atoms with Crippen LogP contribution in [0.3, 0.4) is 0 Å². The maximum Gasteiger partial charge on any atom is 0.214 e. The summed E-state index contributed by atoms with van der Waals surface area (Å²) < 4.78 is 26.9. The van der Waals surface area contributed by atoms with Gasteiger partial charge >= 0.3 is 0 Å². The van der Waals surface area contributed by atoms with Crippen molar-refractivity contribution in [3.05, 3.63) is 41.8 Å². The fourth-order valence-electron chi connectivity index (χ4n) is 3.12. The summed E-state index contributed by atoms with van der Waals surface area (Å²) in [6, 6.07) is 7.65. The monoisotopic (exact) mass is 433 g/mol. The van der Waals surface area contributed by atoms with E-state index in [-0.39, 0.29) is 10.7 Å². The van der Waals surface area contributed by atoms with Crippen LogP contribution in [0.1, 0.15) is 26.7 Å². The molecule has 0 bridgehead atoms. The van der Waals surface area contributed by atoms with Gasteiger partial charge in [0.15, 0.2) is 0 Å². The van der Waals surface area contributed by atoms with Crippen LogP contribution in [-0.4, -0.2) is 41.7 Å². The third kappa shape index (κ3) is 4.71. The minimum Gasteiger partial charge on any atom is -0.369 e. The Morgan fingerprint density at radius 2 is 2.07 bits per heavy atom. The van der Waals surface area contributed by atoms with E-state index in [1.165, 1.54) is 0 Å². The van der Waals surface area contributed by atoms with Gasteiger partial charge in [-0.2, -0.15) is 0 Å². The molecule has 0 radical (unpaired) electrons. The lowest BCUT2D eigenvalue weighted by atomic mass is 9.94. The van der Waals surface area contributed by atoms with Gasteiger partial charge in [-0.25, -0.2) is 23.1 Å². The van der Waals surface area contributed by atoms with E-state index in [4.69, 9.17) is 11.6 Å². The van der Waals surface area contributed by atoms with Crippen molar-refractivity contribution in [3.8, 4) is 11.1 Å². The van der Waals surface area contributed by atoms with Crippen LogP contribution in [-0.2, 0) is 10.0 Å². The van der Waals surface area contributed by atoms with Gasteiger partial charge < -0.3 is 10.3 Å². The number of aromatic nitrogens is 3. The summed E-state index contributed by atoms with van der Waals surface area (Å²) in [5.41, 5.74) is 2.45. The first-order chi connectivity index (χ1) is 13.7. The van der Waals surface area contributed by atoms with E-state index in [0.29, 0.717) is 24.1 Å². The molecule has 1 aliphatic carbocycles. The third-order valence-electron chi connectivity index (χ3n) is 5.02. The summed E-state index contributed by atoms with van der Waals surface area (Å²) in [7, 11) is -3.19. The molecule has 9 heteroatoms. The van der Waals surface area contributed by atoms with Gasteiger partial charge in [-0.05, 0) is 48.1 Å². The van der Waals surface area contributed by atoms with Crippen LogP contribution in [0.5, 0.6) is 0 Å². The predicted octanol–water partition coefficient (Wildman–Crippen LogP) is 3.80. The van der Waals surface area contributed by atoms with Gasteiger partial charge in [0, 0.05) is 36.4 Å². The molecule has 1 aliphatic rings. The number of H-pyrrole nitrogens is 1. The second-order valence-electron chi connectivity index (χ2n) is 8.25. The average Bonchev–Trinajstić information content (AvgIpc) is 3.45. The Kier molecular flexibility index (Phi) is 5.27. The van der Waals surface area contributed by atoms with Crippen LogP contribution in [0.25, 0.3) is 22.2 Å². The first kappa shape index (κ1) is 20.1.